The monoisotopic (exact) mass is 356 g/mol. The van der Waals surface area contributed by atoms with Gasteiger partial charge in [-0.1, -0.05) is 0 Å². The normalized spacial score (nSPS) is 22.8. The van der Waals surface area contributed by atoms with Crippen LogP contribution in [0.5, 0.6) is 0 Å². The summed E-state index contributed by atoms with van der Waals surface area (Å²) in [6, 6.07) is 9.23. The van der Waals surface area contributed by atoms with Gasteiger partial charge in [-0.3, -0.25) is 9.59 Å². The first-order valence-corrected chi connectivity index (χ1v) is 9.03. The number of furan rings is 1. The van der Waals surface area contributed by atoms with Crippen LogP contribution in [0.25, 0.3) is 0 Å². The number of halogens is 1. The molecule has 1 aromatic heterocycles. The standard InChI is InChI=1S/C20H21FN2O3/c21-16-7-5-14(6-8-16)19(24)23-10-1-3-15-13-22(11-9-17(15)23)20(25)18-4-2-12-26-18/h2,4-8,12,15,17H,1,3,9-11,13H2/t15-,17+/m1/s1. The second-order valence-corrected chi connectivity index (χ2v) is 6.99. The summed E-state index contributed by atoms with van der Waals surface area (Å²) < 4.78 is 18.4. The summed E-state index contributed by atoms with van der Waals surface area (Å²) in [5, 5.41) is 0. The Morgan fingerprint density at radius 1 is 1.04 bits per heavy atom. The van der Waals surface area contributed by atoms with E-state index in [2.05, 4.69) is 0 Å². The summed E-state index contributed by atoms with van der Waals surface area (Å²) >= 11 is 0. The quantitative estimate of drug-likeness (QED) is 0.830. The van der Waals surface area contributed by atoms with Crippen LogP contribution in [0.3, 0.4) is 0 Å². The zero-order valence-electron chi connectivity index (χ0n) is 14.4. The molecule has 2 atom stereocenters. The molecular weight excluding hydrogens is 335 g/mol. The third-order valence-electron chi connectivity index (χ3n) is 5.44. The van der Waals surface area contributed by atoms with Gasteiger partial charge < -0.3 is 14.2 Å². The summed E-state index contributed by atoms with van der Waals surface area (Å²) in [5.41, 5.74) is 0.515. The average Bonchev–Trinajstić information content (AvgIpc) is 3.21. The van der Waals surface area contributed by atoms with Crippen LogP contribution in [0, 0.1) is 11.7 Å². The lowest BCUT2D eigenvalue weighted by molar-refractivity contribution is 0.0187. The lowest BCUT2D eigenvalue weighted by Gasteiger charge is -2.47. The van der Waals surface area contributed by atoms with E-state index in [0.29, 0.717) is 31.0 Å². The third kappa shape index (κ3) is 3.11. The Kier molecular flexibility index (Phi) is 4.49. The third-order valence-corrected chi connectivity index (χ3v) is 5.44. The van der Waals surface area contributed by atoms with Crippen molar-refractivity contribution >= 4 is 11.8 Å². The highest BCUT2D eigenvalue weighted by Crippen LogP contribution is 2.32. The van der Waals surface area contributed by atoms with E-state index < -0.39 is 0 Å². The van der Waals surface area contributed by atoms with Crippen LogP contribution in [0.2, 0.25) is 0 Å². The second kappa shape index (κ2) is 6.94. The van der Waals surface area contributed by atoms with E-state index in [9.17, 15) is 14.0 Å². The number of benzene rings is 1. The Hall–Kier alpha value is -2.63. The van der Waals surface area contributed by atoms with Gasteiger partial charge in [0.2, 0.25) is 0 Å². The summed E-state index contributed by atoms with van der Waals surface area (Å²) in [7, 11) is 0. The van der Waals surface area contributed by atoms with Gasteiger partial charge in [-0.05, 0) is 61.6 Å². The van der Waals surface area contributed by atoms with Crippen molar-refractivity contribution in [3.05, 3.63) is 59.8 Å². The summed E-state index contributed by atoms with van der Waals surface area (Å²) in [5.74, 6) is 0.142. The van der Waals surface area contributed by atoms with Gasteiger partial charge >= 0.3 is 0 Å². The number of piperidine rings is 2. The largest absolute Gasteiger partial charge is 0.459 e. The van der Waals surface area contributed by atoms with Gasteiger partial charge in [0.25, 0.3) is 11.8 Å². The van der Waals surface area contributed by atoms with Crippen molar-refractivity contribution < 1.29 is 18.4 Å². The Balaban J connectivity index is 1.47. The molecule has 0 spiro atoms. The van der Waals surface area contributed by atoms with E-state index in [4.69, 9.17) is 4.42 Å². The van der Waals surface area contributed by atoms with Gasteiger partial charge in [0.1, 0.15) is 5.82 Å². The number of hydrogen-bond acceptors (Lipinski definition) is 3. The molecule has 0 radical (unpaired) electrons. The van der Waals surface area contributed by atoms with Crippen molar-refractivity contribution in [2.24, 2.45) is 5.92 Å². The van der Waals surface area contributed by atoms with Crippen molar-refractivity contribution in [1.29, 1.82) is 0 Å². The molecular formula is C20H21FN2O3. The van der Waals surface area contributed by atoms with E-state index in [1.54, 1.807) is 12.1 Å². The Morgan fingerprint density at radius 2 is 1.85 bits per heavy atom. The molecule has 136 valence electrons. The van der Waals surface area contributed by atoms with Crippen LogP contribution in [0.1, 0.15) is 40.2 Å². The minimum atomic E-state index is -0.345. The summed E-state index contributed by atoms with van der Waals surface area (Å²) in [6.45, 7) is 1.95. The van der Waals surface area contributed by atoms with E-state index in [1.807, 2.05) is 9.80 Å². The molecule has 3 heterocycles. The van der Waals surface area contributed by atoms with Crippen molar-refractivity contribution in [1.82, 2.24) is 9.80 Å². The minimum absolute atomic E-state index is 0.0505. The van der Waals surface area contributed by atoms with Crippen molar-refractivity contribution in [2.45, 2.75) is 25.3 Å². The summed E-state index contributed by atoms with van der Waals surface area (Å²) in [4.78, 5) is 29.1. The van der Waals surface area contributed by atoms with Crippen LogP contribution < -0.4 is 0 Å². The van der Waals surface area contributed by atoms with Gasteiger partial charge in [0, 0.05) is 31.2 Å². The zero-order valence-corrected chi connectivity index (χ0v) is 14.4. The second-order valence-electron chi connectivity index (χ2n) is 6.99. The Bertz CT molecular complexity index is 788. The lowest BCUT2D eigenvalue weighted by atomic mass is 9.83. The number of amides is 2. The average molecular weight is 356 g/mol. The van der Waals surface area contributed by atoms with Crippen LogP contribution in [-0.4, -0.2) is 47.3 Å². The molecule has 0 unspecified atom stereocenters. The molecule has 2 fully saturated rings. The Labute approximate surface area is 151 Å². The molecule has 2 aromatic rings. The molecule has 2 aliphatic heterocycles. The van der Waals surface area contributed by atoms with Gasteiger partial charge in [-0.2, -0.15) is 0 Å². The highest BCUT2D eigenvalue weighted by atomic mass is 19.1. The van der Waals surface area contributed by atoms with Crippen LogP contribution >= 0.6 is 0 Å². The molecule has 2 aliphatic rings. The molecule has 1 aromatic carbocycles. The van der Waals surface area contributed by atoms with E-state index in [0.717, 1.165) is 19.3 Å². The highest BCUT2D eigenvalue weighted by molar-refractivity contribution is 5.94. The van der Waals surface area contributed by atoms with Crippen LogP contribution in [0.4, 0.5) is 4.39 Å². The number of hydrogen-bond donors (Lipinski definition) is 0. The van der Waals surface area contributed by atoms with Gasteiger partial charge in [0.15, 0.2) is 5.76 Å². The number of carbonyl (C=O) groups excluding carboxylic acids is 2. The topological polar surface area (TPSA) is 53.8 Å². The first-order chi connectivity index (χ1) is 12.6. The fraction of sp³-hybridized carbons (Fsp3) is 0.400. The molecule has 26 heavy (non-hydrogen) atoms. The first kappa shape index (κ1) is 16.8. The maximum atomic E-state index is 13.1. The number of nitrogens with zero attached hydrogens (tertiary/aromatic N) is 2. The van der Waals surface area contributed by atoms with Gasteiger partial charge in [-0.15, -0.1) is 0 Å². The molecule has 2 saturated heterocycles. The van der Waals surface area contributed by atoms with Gasteiger partial charge in [0.05, 0.1) is 6.26 Å². The minimum Gasteiger partial charge on any atom is -0.459 e. The molecule has 2 amide bonds. The van der Waals surface area contributed by atoms with Crippen LogP contribution in [-0.2, 0) is 0 Å². The maximum Gasteiger partial charge on any atom is 0.289 e. The smallest absolute Gasteiger partial charge is 0.289 e. The molecule has 5 nitrogen and oxygen atoms in total. The molecule has 4 rings (SSSR count). The molecule has 0 bridgehead atoms. The van der Waals surface area contributed by atoms with Crippen molar-refractivity contribution in [3.63, 3.8) is 0 Å². The predicted molar refractivity (Wildman–Crippen MR) is 93.2 cm³/mol. The van der Waals surface area contributed by atoms with E-state index >= 15 is 0 Å². The fourth-order valence-electron chi connectivity index (χ4n) is 4.15. The molecule has 6 heteroatoms. The van der Waals surface area contributed by atoms with Crippen LogP contribution in [0.15, 0.2) is 47.1 Å². The molecule has 0 saturated carbocycles. The number of carbonyl (C=O) groups is 2. The predicted octanol–water partition coefficient (Wildman–Crippen LogP) is 3.19. The Morgan fingerprint density at radius 3 is 2.58 bits per heavy atom. The van der Waals surface area contributed by atoms with Gasteiger partial charge in [-0.25, -0.2) is 4.39 Å². The van der Waals surface area contributed by atoms with Crippen molar-refractivity contribution in [2.75, 3.05) is 19.6 Å². The fourth-order valence-corrected chi connectivity index (χ4v) is 4.15. The lowest BCUT2D eigenvalue weighted by Crippen LogP contribution is -2.56. The summed E-state index contributed by atoms with van der Waals surface area (Å²) in [6.07, 6.45) is 4.17. The molecule has 0 aliphatic carbocycles. The zero-order chi connectivity index (χ0) is 18.1. The number of rotatable bonds is 2. The first-order valence-electron chi connectivity index (χ1n) is 9.03. The van der Waals surface area contributed by atoms with E-state index in [-0.39, 0.29) is 29.6 Å². The molecule has 0 N–H and O–H groups in total. The van der Waals surface area contributed by atoms with Crippen molar-refractivity contribution in [3.8, 4) is 0 Å². The highest BCUT2D eigenvalue weighted by Gasteiger charge is 2.39. The number of likely N-dealkylation sites (tertiary alicyclic amines) is 2. The number of fused-ring (bicyclic) bond motifs is 1. The van der Waals surface area contributed by atoms with E-state index in [1.165, 1.54) is 30.5 Å². The SMILES string of the molecule is O=C(c1ccco1)N1CC[C@H]2[C@H](CCCN2C(=O)c2ccc(F)cc2)C1. The maximum absolute atomic E-state index is 13.1.